The maximum atomic E-state index is 3.91. The highest BCUT2D eigenvalue weighted by Gasteiger charge is 2.04. The zero-order valence-electron chi connectivity index (χ0n) is 6.54. The Balaban J connectivity index is 2.31. The number of dihydropyridines is 1. The highest BCUT2D eigenvalue weighted by molar-refractivity contribution is 5.71. The standard InChI is InChI=1S/C10H8N2/c1-3-9(7-11-5-1)10-4-2-6-12-8-10/h1-5,12H,6H2. The van der Waals surface area contributed by atoms with Crippen molar-refractivity contribution in [3.8, 4) is 0 Å². The number of pyridine rings is 1. The van der Waals surface area contributed by atoms with Crippen molar-refractivity contribution in [3.63, 3.8) is 0 Å². The molecule has 1 aliphatic heterocycles. The zero-order chi connectivity index (χ0) is 8.23. The Morgan fingerprint density at radius 1 is 1.58 bits per heavy atom. The molecule has 12 heavy (non-hydrogen) atoms. The van der Waals surface area contributed by atoms with E-state index in [1.807, 2.05) is 24.3 Å². The summed E-state index contributed by atoms with van der Waals surface area (Å²) in [7, 11) is 0. The molecule has 2 heterocycles. The molecule has 1 aliphatic rings. The number of nitrogens with one attached hydrogen (secondary N) is 1. The van der Waals surface area contributed by atoms with Crippen LogP contribution in [0.5, 0.6) is 0 Å². The van der Waals surface area contributed by atoms with Gasteiger partial charge >= 0.3 is 0 Å². The smallest absolute Gasteiger partial charge is 0.135 e. The third-order valence-electron chi connectivity index (χ3n) is 1.63. The van der Waals surface area contributed by atoms with Crippen LogP contribution in [0.15, 0.2) is 30.5 Å². The van der Waals surface area contributed by atoms with E-state index in [-0.39, 0.29) is 0 Å². The number of aromatic nitrogens is 1. The second-order valence-corrected chi connectivity index (χ2v) is 2.48. The second-order valence-electron chi connectivity index (χ2n) is 2.48. The first-order chi connectivity index (χ1) is 5.97. The Morgan fingerprint density at radius 3 is 3.25 bits per heavy atom. The maximum Gasteiger partial charge on any atom is 0.135 e. The van der Waals surface area contributed by atoms with E-state index in [0.717, 1.165) is 17.7 Å². The van der Waals surface area contributed by atoms with E-state index in [1.165, 1.54) is 0 Å². The molecule has 0 amide bonds. The van der Waals surface area contributed by atoms with Crippen molar-refractivity contribution in [2.75, 3.05) is 6.54 Å². The molecule has 2 nitrogen and oxygen atoms in total. The van der Waals surface area contributed by atoms with Gasteiger partial charge in [-0.1, -0.05) is 12.3 Å². The van der Waals surface area contributed by atoms with Gasteiger partial charge in [0.25, 0.3) is 0 Å². The average Bonchev–Trinajstić information content (AvgIpc) is 2.21. The van der Waals surface area contributed by atoms with E-state index >= 15 is 0 Å². The molecule has 1 aromatic rings. The van der Waals surface area contributed by atoms with Crippen LogP contribution in [0.25, 0.3) is 5.57 Å². The third kappa shape index (κ3) is 1.34. The van der Waals surface area contributed by atoms with E-state index in [1.54, 1.807) is 6.20 Å². The number of nitrogens with zero attached hydrogens (tertiary/aromatic N) is 1. The minimum atomic E-state index is 0.851. The summed E-state index contributed by atoms with van der Waals surface area (Å²) in [5.41, 5.74) is 1.98. The van der Waals surface area contributed by atoms with Gasteiger partial charge in [-0.25, -0.2) is 0 Å². The van der Waals surface area contributed by atoms with Crippen LogP contribution in [0.2, 0.25) is 0 Å². The normalized spacial score (nSPS) is 14.5. The van der Waals surface area contributed by atoms with Crippen LogP contribution < -0.4 is 5.32 Å². The zero-order valence-corrected chi connectivity index (χ0v) is 6.54. The lowest BCUT2D eigenvalue weighted by molar-refractivity contribution is 0.946. The molecule has 0 radical (unpaired) electrons. The Labute approximate surface area is 71.6 Å². The van der Waals surface area contributed by atoms with E-state index in [2.05, 4.69) is 22.7 Å². The van der Waals surface area contributed by atoms with Crippen molar-refractivity contribution >= 4 is 5.57 Å². The number of hydrogen-bond donors (Lipinski definition) is 1. The molecule has 0 unspecified atom stereocenters. The minimum absolute atomic E-state index is 0.851. The highest BCUT2D eigenvalue weighted by atomic mass is 14.8. The van der Waals surface area contributed by atoms with Gasteiger partial charge < -0.3 is 4.98 Å². The van der Waals surface area contributed by atoms with Crippen molar-refractivity contribution in [1.29, 1.82) is 0 Å². The van der Waals surface area contributed by atoms with Crippen LogP contribution in [0.3, 0.4) is 0 Å². The predicted octanol–water partition coefficient (Wildman–Crippen LogP) is 1.19. The Kier molecular flexibility index (Phi) is 1.85. The van der Waals surface area contributed by atoms with Gasteiger partial charge in [-0.3, -0.25) is 5.32 Å². The first kappa shape index (κ1) is 7.01. The molecular weight excluding hydrogens is 148 g/mol. The molecule has 2 heteroatoms. The maximum absolute atomic E-state index is 3.91. The van der Waals surface area contributed by atoms with E-state index in [0.29, 0.717) is 0 Å². The summed E-state index contributed by atoms with van der Waals surface area (Å²) in [5.74, 6) is 0. The molecular formula is C10H8N2. The van der Waals surface area contributed by atoms with Crippen LogP contribution in [0.4, 0.5) is 0 Å². The SMILES string of the molecule is [C+]1=C(c2[c-]nccc2)C=CCN1. The van der Waals surface area contributed by atoms with Crippen molar-refractivity contribution in [1.82, 2.24) is 10.3 Å². The molecule has 2 rings (SSSR count). The fraction of sp³-hybridized carbons (Fsp3) is 0.100. The van der Waals surface area contributed by atoms with Crippen molar-refractivity contribution in [2.45, 2.75) is 0 Å². The first-order valence-electron chi connectivity index (χ1n) is 3.82. The van der Waals surface area contributed by atoms with Crippen molar-refractivity contribution < 1.29 is 0 Å². The van der Waals surface area contributed by atoms with E-state index < -0.39 is 0 Å². The van der Waals surface area contributed by atoms with Gasteiger partial charge in [0, 0.05) is 12.3 Å². The summed E-state index contributed by atoms with van der Waals surface area (Å²) in [4.78, 5) is 3.91. The molecule has 58 valence electrons. The lowest BCUT2D eigenvalue weighted by atomic mass is 10.1. The van der Waals surface area contributed by atoms with Gasteiger partial charge in [-0.05, 0) is 11.6 Å². The number of hydrogen-bond acceptors (Lipinski definition) is 2. The lowest BCUT2D eigenvalue weighted by Crippen LogP contribution is -2.09. The molecule has 0 aliphatic carbocycles. The summed E-state index contributed by atoms with van der Waals surface area (Å²) in [5, 5.41) is 3.01. The Hall–Kier alpha value is -1.66. The van der Waals surface area contributed by atoms with Crippen LogP contribution in [-0.4, -0.2) is 11.5 Å². The minimum Gasteiger partial charge on any atom is -0.345 e. The van der Waals surface area contributed by atoms with Crippen LogP contribution >= 0.6 is 0 Å². The molecule has 0 fully saturated rings. The molecule has 0 aromatic carbocycles. The van der Waals surface area contributed by atoms with Crippen molar-refractivity contribution in [2.24, 2.45) is 0 Å². The summed E-state index contributed by atoms with van der Waals surface area (Å²) >= 11 is 0. The second kappa shape index (κ2) is 3.16. The topological polar surface area (TPSA) is 24.9 Å². The predicted molar refractivity (Wildman–Crippen MR) is 46.9 cm³/mol. The van der Waals surface area contributed by atoms with Gasteiger partial charge in [0.15, 0.2) is 0 Å². The van der Waals surface area contributed by atoms with Crippen LogP contribution in [0, 0.1) is 12.4 Å². The monoisotopic (exact) mass is 156 g/mol. The summed E-state index contributed by atoms with van der Waals surface area (Å²) in [6, 6.07) is 3.86. The van der Waals surface area contributed by atoms with E-state index in [9.17, 15) is 0 Å². The fourth-order valence-electron chi connectivity index (χ4n) is 1.06. The fourth-order valence-corrected chi connectivity index (χ4v) is 1.06. The number of rotatable bonds is 1. The number of allylic oxidation sites excluding steroid dienone is 2. The molecule has 0 saturated carbocycles. The van der Waals surface area contributed by atoms with Gasteiger partial charge in [-0.2, -0.15) is 0 Å². The lowest BCUT2D eigenvalue weighted by Gasteiger charge is -2.02. The van der Waals surface area contributed by atoms with Gasteiger partial charge in [0.05, 0.1) is 12.7 Å². The molecule has 1 aromatic heterocycles. The molecule has 0 bridgehead atoms. The summed E-state index contributed by atoms with van der Waals surface area (Å²) in [6.07, 6.45) is 11.7. The molecule has 0 spiro atoms. The Bertz CT molecular complexity index is 312. The quantitative estimate of drug-likeness (QED) is 0.618. The average molecular weight is 156 g/mol. The van der Waals surface area contributed by atoms with Gasteiger partial charge in [-0.15, -0.1) is 6.07 Å². The largest absolute Gasteiger partial charge is 0.345 e. The van der Waals surface area contributed by atoms with Crippen molar-refractivity contribution in [3.05, 3.63) is 48.4 Å². The van der Waals surface area contributed by atoms with Crippen LogP contribution in [-0.2, 0) is 0 Å². The first-order valence-corrected chi connectivity index (χ1v) is 3.82. The van der Waals surface area contributed by atoms with Gasteiger partial charge in [0.2, 0.25) is 0 Å². The van der Waals surface area contributed by atoms with Gasteiger partial charge in [0.1, 0.15) is 5.57 Å². The summed E-state index contributed by atoms with van der Waals surface area (Å²) < 4.78 is 0. The molecule has 1 N–H and O–H groups in total. The summed E-state index contributed by atoms with van der Waals surface area (Å²) in [6.45, 7) is 0.851. The third-order valence-corrected chi connectivity index (χ3v) is 1.63. The van der Waals surface area contributed by atoms with Crippen LogP contribution in [0.1, 0.15) is 5.56 Å². The molecule has 0 atom stereocenters. The highest BCUT2D eigenvalue weighted by Crippen LogP contribution is 2.13. The Morgan fingerprint density at radius 2 is 2.58 bits per heavy atom. The molecule has 0 saturated heterocycles. The van der Waals surface area contributed by atoms with E-state index in [4.69, 9.17) is 0 Å².